The fourth-order valence-electron chi connectivity index (χ4n) is 2.01. The zero-order valence-electron chi connectivity index (χ0n) is 13.4. The van der Waals surface area contributed by atoms with E-state index in [1.54, 1.807) is 0 Å². The molecular formula is C17H25N3O. The lowest BCUT2D eigenvalue weighted by atomic mass is 10.1. The van der Waals surface area contributed by atoms with E-state index in [0.29, 0.717) is 6.61 Å². The van der Waals surface area contributed by atoms with Crippen molar-refractivity contribution in [2.45, 2.75) is 46.3 Å². The van der Waals surface area contributed by atoms with Crippen molar-refractivity contribution >= 4 is 0 Å². The molecule has 1 heterocycles. The Morgan fingerprint density at radius 1 is 1.29 bits per heavy atom. The number of hydrogen-bond acceptors (Lipinski definition) is 3. The number of aromatic nitrogens is 2. The fourth-order valence-corrected chi connectivity index (χ4v) is 2.01. The molecular weight excluding hydrogens is 262 g/mol. The summed E-state index contributed by atoms with van der Waals surface area (Å²) >= 11 is 0. The molecule has 0 radical (unpaired) electrons. The van der Waals surface area contributed by atoms with Crippen molar-refractivity contribution in [2.24, 2.45) is 0 Å². The summed E-state index contributed by atoms with van der Waals surface area (Å²) in [4.78, 5) is 4.20. The van der Waals surface area contributed by atoms with Gasteiger partial charge in [-0.25, -0.2) is 4.98 Å². The van der Waals surface area contributed by atoms with Crippen LogP contribution in [0.4, 0.5) is 0 Å². The standard InChI is InChI=1S/C17H25N3O/c1-14-18-8-9-20(14)10-11-21-16-7-5-6-15(12-16)13-19-17(2,3)4/h5-9,12,19H,10-11,13H2,1-4H3. The molecule has 0 unspecified atom stereocenters. The van der Waals surface area contributed by atoms with Crippen LogP contribution in [0, 0.1) is 6.92 Å². The molecule has 1 aromatic heterocycles. The molecule has 0 aliphatic carbocycles. The Kier molecular flexibility index (Phi) is 5.02. The Bertz CT molecular complexity index is 569. The SMILES string of the molecule is Cc1nccn1CCOc1cccc(CNC(C)(C)C)c1. The molecule has 0 atom stereocenters. The molecule has 4 heteroatoms. The lowest BCUT2D eigenvalue weighted by Gasteiger charge is -2.20. The van der Waals surface area contributed by atoms with E-state index >= 15 is 0 Å². The minimum atomic E-state index is 0.121. The molecule has 0 aliphatic rings. The van der Waals surface area contributed by atoms with E-state index in [9.17, 15) is 0 Å². The molecule has 1 aromatic carbocycles. The van der Waals surface area contributed by atoms with Crippen LogP contribution >= 0.6 is 0 Å². The lowest BCUT2D eigenvalue weighted by molar-refractivity contribution is 0.296. The minimum absolute atomic E-state index is 0.121. The van der Waals surface area contributed by atoms with Gasteiger partial charge in [-0.15, -0.1) is 0 Å². The highest BCUT2D eigenvalue weighted by Crippen LogP contribution is 2.14. The number of aryl methyl sites for hydroxylation is 1. The van der Waals surface area contributed by atoms with E-state index in [4.69, 9.17) is 4.74 Å². The third-order valence-corrected chi connectivity index (χ3v) is 3.25. The Balaban J connectivity index is 1.85. The number of ether oxygens (including phenoxy) is 1. The van der Waals surface area contributed by atoms with E-state index in [1.165, 1.54) is 5.56 Å². The predicted octanol–water partition coefficient (Wildman–Crippen LogP) is 3.16. The van der Waals surface area contributed by atoms with Crippen molar-refractivity contribution in [1.82, 2.24) is 14.9 Å². The molecule has 0 saturated carbocycles. The number of imidazole rings is 1. The summed E-state index contributed by atoms with van der Waals surface area (Å²) in [7, 11) is 0. The molecule has 2 rings (SSSR count). The van der Waals surface area contributed by atoms with Gasteiger partial charge >= 0.3 is 0 Å². The molecule has 0 bridgehead atoms. The highest BCUT2D eigenvalue weighted by atomic mass is 16.5. The number of rotatable bonds is 6. The highest BCUT2D eigenvalue weighted by Gasteiger charge is 2.08. The van der Waals surface area contributed by atoms with Crippen molar-refractivity contribution < 1.29 is 4.74 Å². The van der Waals surface area contributed by atoms with Gasteiger partial charge in [0.05, 0.1) is 6.54 Å². The summed E-state index contributed by atoms with van der Waals surface area (Å²) in [6.45, 7) is 10.8. The molecule has 4 nitrogen and oxygen atoms in total. The Morgan fingerprint density at radius 3 is 2.76 bits per heavy atom. The first-order chi connectivity index (χ1) is 9.94. The van der Waals surface area contributed by atoms with Gasteiger partial charge in [0.25, 0.3) is 0 Å². The van der Waals surface area contributed by atoms with Gasteiger partial charge in [0, 0.05) is 24.5 Å². The van der Waals surface area contributed by atoms with Gasteiger partial charge in [-0.2, -0.15) is 0 Å². The summed E-state index contributed by atoms with van der Waals surface area (Å²) in [6, 6.07) is 8.25. The minimum Gasteiger partial charge on any atom is -0.492 e. The maximum atomic E-state index is 5.83. The first kappa shape index (κ1) is 15.6. The number of hydrogen-bond donors (Lipinski definition) is 1. The van der Waals surface area contributed by atoms with E-state index in [-0.39, 0.29) is 5.54 Å². The van der Waals surface area contributed by atoms with Crippen molar-refractivity contribution in [3.05, 3.63) is 48.0 Å². The largest absolute Gasteiger partial charge is 0.492 e. The second-order valence-corrected chi connectivity index (χ2v) is 6.27. The molecule has 1 N–H and O–H groups in total. The average molecular weight is 287 g/mol. The van der Waals surface area contributed by atoms with Crippen molar-refractivity contribution in [1.29, 1.82) is 0 Å². The molecule has 0 aliphatic heterocycles. The van der Waals surface area contributed by atoms with Crippen LogP contribution in [0.3, 0.4) is 0 Å². The van der Waals surface area contributed by atoms with Crippen LogP contribution in [0.15, 0.2) is 36.7 Å². The van der Waals surface area contributed by atoms with Gasteiger partial charge in [0.15, 0.2) is 0 Å². The van der Waals surface area contributed by atoms with Crippen LogP contribution < -0.4 is 10.1 Å². The summed E-state index contributed by atoms with van der Waals surface area (Å²) < 4.78 is 7.92. The van der Waals surface area contributed by atoms with Gasteiger partial charge in [-0.05, 0) is 45.4 Å². The topological polar surface area (TPSA) is 39.1 Å². The van der Waals surface area contributed by atoms with Gasteiger partial charge in [0.1, 0.15) is 18.2 Å². The van der Waals surface area contributed by atoms with E-state index < -0.39 is 0 Å². The van der Waals surface area contributed by atoms with Crippen LogP contribution in [0.25, 0.3) is 0 Å². The van der Waals surface area contributed by atoms with E-state index in [2.05, 4.69) is 47.8 Å². The summed E-state index contributed by atoms with van der Waals surface area (Å²) in [5.41, 5.74) is 1.36. The first-order valence-corrected chi connectivity index (χ1v) is 7.38. The van der Waals surface area contributed by atoms with Gasteiger partial charge in [-0.3, -0.25) is 0 Å². The van der Waals surface area contributed by atoms with Crippen LogP contribution in [0.5, 0.6) is 5.75 Å². The van der Waals surface area contributed by atoms with Crippen LogP contribution in [-0.4, -0.2) is 21.7 Å². The zero-order chi connectivity index (χ0) is 15.3. The van der Waals surface area contributed by atoms with Crippen molar-refractivity contribution in [3.63, 3.8) is 0 Å². The maximum Gasteiger partial charge on any atom is 0.119 e. The molecule has 0 saturated heterocycles. The van der Waals surface area contributed by atoms with E-state index in [1.807, 2.05) is 31.5 Å². The molecule has 114 valence electrons. The first-order valence-electron chi connectivity index (χ1n) is 7.38. The normalized spacial score (nSPS) is 11.6. The monoisotopic (exact) mass is 287 g/mol. The van der Waals surface area contributed by atoms with Crippen LogP contribution in [0.2, 0.25) is 0 Å². The summed E-state index contributed by atoms with van der Waals surface area (Å²) in [5.74, 6) is 1.93. The van der Waals surface area contributed by atoms with Gasteiger partial charge in [0.2, 0.25) is 0 Å². The van der Waals surface area contributed by atoms with Crippen LogP contribution in [0.1, 0.15) is 32.2 Å². The molecule has 2 aromatic rings. The fraction of sp³-hybridized carbons (Fsp3) is 0.471. The number of nitrogens with zero attached hydrogens (tertiary/aromatic N) is 2. The van der Waals surface area contributed by atoms with Crippen molar-refractivity contribution in [3.8, 4) is 5.75 Å². The number of nitrogens with one attached hydrogen (secondary N) is 1. The van der Waals surface area contributed by atoms with Gasteiger partial charge < -0.3 is 14.6 Å². The Labute approximate surface area is 127 Å². The average Bonchev–Trinajstić information content (AvgIpc) is 2.82. The third-order valence-electron chi connectivity index (χ3n) is 3.25. The molecule has 21 heavy (non-hydrogen) atoms. The van der Waals surface area contributed by atoms with Crippen molar-refractivity contribution in [2.75, 3.05) is 6.61 Å². The van der Waals surface area contributed by atoms with Crippen LogP contribution in [-0.2, 0) is 13.1 Å². The Hall–Kier alpha value is -1.81. The predicted molar refractivity (Wildman–Crippen MR) is 85.5 cm³/mol. The number of benzene rings is 1. The quantitative estimate of drug-likeness (QED) is 0.887. The molecule has 0 amide bonds. The summed E-state index contributed by atoms with van der Waals surface area (Å²) in [6.07, 6.45) is 3.79. The third kappa shape index (κ3) is 5.23. The summed E-state index contributed by atoms with van der Waals surface area (Å²) in [5, 5.41) is 3.48. The van der Waals surface area contributed by atoms with E-state index in [0.717, 1.165) is 24.7 Å². The van der Waals surface area contributed by atoms with Gasteiger partial charge in [-0.1, -0.05) is 12.1 Å². The lowest BCUT2D eigenvalue weighted by Crippen LogP contribution is -2.35. The second kappa shape index (κ2) is 6.76. The zero-order valence-corrected chi connectivity index (χ0v) is 13.4. The molecule has 0 spiro atoms. The maximum absolute atomic E-state index is 5.83. The smallest absolute Gasteiger partial charge is 0.119 e. The second-order valence-electron chi connectivity index (χ2n) is 6.27. The Morgan fingerprint density at radius 2 is 2.10 bits per heavy atom. The molecule has 0 fully saturated rings. The highest BCUT2D eigenvalue weighted by molar-refractivity contribution is 5.28.